The van der Waals surface area contributed by atoms with Gasteiger partial charge in [-0.3, -0.25) is 0 Å². The quantitative estimate of drug-likeness (QED) is 0.775. The smallest absolute Gasteiger partial charge is 0.161 e. The summed E-state index contributed by atoms with van der Waals surface area (Å²) in [5.41, 5.74) is 3.62. The fourth-order valence-corrected chi connectivity index (χ4v) is 2.74. The number of hydrogen-bond acceptors (Lipinski definition) is 2. The van der Waals surface area contributed by atoms with Gasteiger partial charge in [-0.05, 0) is 37.6 Å². The molecule has 0 radical (unpaired) electrons. The van der Waals surface area contributed by atoms with E-state index in [-0.39, 0.29) is 5.75 Å². The molecule has 21 heavy (non-hydrogen) atoms. The summed E-state index contributed by atoms with van der Waals surface area (Å²) < 4.78 is 8.01. The van der Waals surface area contributed by atoms with E-state index in [1.54, 1.807) is 18.2 Å². The second kappa shape index (κ2) is 5.52. The average Bonchev–Trinajstić information content (AvgIpc) is 2.86. The summed E-state index contributed by atoms with van der Waals surface area (Å²) in [4.78, 5) is 0. The Morgan fingerprint density at radius 1 is 1.10 bits per heavy atom. The highest BCUT2D eigenvalue weighted by Gasteiger charge is 2.11. The Morgan fingerprint density at radius 2 is 1.90 bits per heavy atom. The maximum absolute atomic E-state index is 9.78. The van der Waals surface area contributed by atoms with Crippen molar-refractivity contribution in [2.75, 3.05) is 0 Å². The van der Waals surface area contributed by atoms with Gasteiger partial charge < -0.3 is 14.4 Å². The predicted molar refractivity (Wildman–Crippen MR) is 84.8 cm³/mol. The molecule has 1 aromatic heterocycles. The van der Waals surface area contributed by atoms with Crippen molar-refractivity contribution >= 4 is 10.9 Å². The third-order valence-electron chi connectivity index (χ3n) is 3.78. The highest BCUT2D eigenvalue weighted by molar-refractivity contribution is 5.87. The zero-order chi connectivity index (χ0) is 14.8. The zero-order valence-corrected chi connectivity index (χ0v) is 12.3. The van der Waals surface area contributed by atoms with Crippen molar-refractivity contribution in [2.24, 2.45) is 0 Å². The van der Waals surface area contributed by atoms with Crippen LogP contribution in [-0.4, -0.2) is 9.67 Å². The van der Waals surface area contributed by atoms with Crippen LogP contribution in [0.4, 0.5) is 0 Å². The molecule has 0 aliphatic carbocycles. The van der Waals surface area contributed by atoms with Crippen molar-refractivity contribution in [1.29, 1.82) is 0 Å². The minimum Gasteiger partial charge on any atom is -0.504 e. The molecule has 1 heterocycles. The zero-order valence-electron chi connectivity index (χ0n) is 12.3. The van der Waals surface area contributed by atoms with Gasteiger partial charge in [0.05, 0.1) is 0 Å². The van der Waals surface area contributed by atoms with Crippen LogP contribution in [0.3, 0.4) is 0 Å². The lowest BCUT2D eigenvalue weighted by Gasteiger charge is -2.07. The molecule has 0 aliphatic rings. The molecular formula is C18H19NO2. The maximum Gasteiger partial charge on any atom is 0.161 e. The monoisotopic (exact) mass is 281 g/mol. The molecule has 3 nitrogen and oxygen atoms in total. The third-order valence-corrected chi connectivity index (χ3v) is 3.78. The lowest BCUT2D eigenvalue weighted by molar-refractivity contribution is 0.290. The van der Waals surface area contributed by atoms with Crippen LogP contribution in [0.15, 0.2) is 48.7 Å². The molecule has 2 aromatic carbocycles. The second-order valence-corrected chi connectivity index (χ2v) is 5.17. The van der Waals surface area contributed by atoms with Gasteiger partial charge in [-0.25, -0.2) is 0 Å². The molecule has 3 rings (SSSR count). The third kappa shape index (κ3) is 2.47. The summed E-state index contributed by atoms with van der Waals surface area (Å²) in [6.45, 7) is 5.63. The van der Waals surface area contributed by atoms with Gasteiger partial charge in [-0.1, -0.05) is 24.3 Å². The van der Waals surface area contributed by atoms with Crippen LogP contribution in [0.1, 0.15) is 18.1 Å². The Labute approximate surface area is 124 Å². The van der Waals surface area contributed by atoms with Crippen molar-refractivity contribution in [3.8, 4) is 11.5 Å². The molecule has 108 valence electrons. The fourth-order valence-electron chi connectivity index (χ4n) is 2.74. The Kier molecular flexibility index (Phi) is 3.57. The lowest BCUT2D eigenvalue weighted by Crippen LogP contribution is -1.95. The van der Waals surface area contributed by atoms with Gasteiger partial charge in [0.15, 0.2) is 11.5 Å². The van der Waals surface area contributed by atoms with E-state index < -0.39 is 0 Å². The molecule has 0 amide bonds. The van der Waals surface area contributed by atoms with Crippen molar-refractivity contribution in [3.63, 3.8) is 0 Å². The summed E-state index contributed by atoms with van der Waals surface area (Å²) in [6.07, 6.45) is 2.14. The van der Waals surface area contributed by atoms with Crippen LogP contribution in [0.25, 0.3) is 10.9 Å². The summed E-state index contributed by atoms with van der Waals surface area (Å²) in [5, 5.41) is 11.0. The van der Waals surface area contributed by atoms with Crippen molar-refractivity contribution in [2.45, 2.75) is 27.0 Å². The minimum atomic E-state index is 0.174. The van der Waals surface area contributed by atoms with Crippen LogP contribution in [0.2, 0.25) is 0 Å². The molecule has 0 saturated heterocycles. The number of hydrogen-bond donors (Lipinski definition) is 1. The van der Waals surface area contributed by atoms with Gasteiger partial charge >= 0.3 is 0 Å². The number of para-hydroxylation sites is 2. The number of benzene rings is 2. The van der Waals surface area contributed by atoms with Gasteiger partial charge in [-0.2, -0.15) is 0 Å². The summed E-state index contributed by atoms with van der Waals surface area (Å²) in [5.74, 6) is 0.692. The van der Waals surface area contributed by atoms with Crippen molar-refractivity contribution in [1.82, 2.24) is 4.57 Å². The number of rotatable bonds is 4. The first-order valence-electron chi connectivity index (χ1n) is 7.19. The van der Waals surface area contributed by atoms with Gasteiger partial charge in [0.1, 0.15) is 6.61 Å². The molecule has 0 fully saturated rings. The van der Waals surface area contributed by atoms with Crippen LogP contribution in [0.5, 0.6) is 11.5 Å². The molecule has 3 heteroatoms. The van der Waals surface area contributed by atoms with Crippen LogP contribution in [0, 0.1) is 6.92 Å². The molecule has 0 bridgehead atoms. The number of ether oxygens (including phenoxy) is 1. The van der Waals surface area contributed by atoms with E-state index >= 15 is 0 Å². The van der Waals surface area contributed by atoms with Gasteiger partial charge in [-0.15, -0.1) is 0 Å². The number of fused-ring (bicyclic) bond motifs is 1. The standard InChI is InChI=1S/C18H19NO2/c1-3-19-11-14(18-13(2)7-6-8-15(18)19)12-21-17-10-5-4-9-16(17)20/h4-11,20H,3,12H2,1-2H3. The van der Waals surface area contributed by atoms with E-state index in [1.165, 1.54) is 16.5 Å². The van der Waals surface area contributed by atoms with E-state index in [0.717, 1.165) is 12.1 Å². The van der Waals surface area contributed by atoms with Crippen molar-refractivity contribution in [3.05, 3.63) is 59.8 Å². The maximum atomic E-state index is 9.78. The van der Waals surface area contributed by atoms with Gasteiger partial charge in [0.25, 0.3) is 0 Å². The van der Waals surface area contributed by atoms with Gasteiger partial charge in [0, 0.05) is 29.2 Å². The van der Waals surface area contributed by atoms with Crippen LogP contribution < -0.4 is 4.74 Å². The molecule has 0 saturated carbocycles. The minimum absolute atomic E-state index is 0.174. The number of phenolic OH excluding ortho intramolecular Hbond substituents is 1. The van der Waals surface area contributed by atoms with E-state index in [1.807, 2.05) is 6.07 Å². The second-order valence-electron chi connectivity index (χ2n) is 5.17. The molecule has 0 spiro atoms. The lowest BCUT2D eigenvalue weighted by atomic mass is 10.1. The first kappa shape index (κ1) is 13.6. The normalized spacial score (nSPS) is 11.0. The largest absolute Gasteiger partial charge is 0.504 e. The number of aryl methyl sites for hydroxylation is 2. The average molecular weight is 281 g/mol. The first-order chi connectivity index (χ1) is 10.2. The number of aromatic hydroxyl groups is 1. The molecule has 3 aromatic rings. The summed E-state index contributed by atoms with van der Waals surface area (Å²) in [7, 11) is 0. The summed E-state index contributed by atoms with van der Waals surface area (Å²) in [6, 6.07) is 13.4. The first-order valence-corrected chi connectivity index (χ1v) is 7.19. The molecule has 0 atom stereocenters. The number of nitrogens with zero attached hydrogens (tertiary/aromatic N) is 1. The highest BCUT2D eigenvalue weighted by atomic mass is 16.5. The Balaban J connectivity index is 1.96. The number of phenols is 1. The van der Waals surface area contributed by atoms with Crippen molar-refractivity contribution < 1.29 is 9.84 Å². The van der Waals surface area contributed by atoms with E-state index in [9.17, 15) is 5.11 Å². The predicted octanol–water partition coefficient (Wildman–Crippen LogP) is 4.25. The Bertz CT molecular complexity index is 774. The van der Waals surface area contributed by atoms with Gasteiger partial charge in [0.2, 0.25) is 0 Å². The SMILES string of the molecule is CCn1cc(COc2ccccc2O)c2c(C)cccc21. The summed E-state index contributed by atoms with van der Waals surface area (Å²) >= 11 is 0. The molecular weight excluding hydrogens is 262 g/mol. The van der Waals surface area contributed by atoms with E-state index in [2.05, 4.69) is 42.8 Å². The van der Waals surface area contributed by atoms with E-state index in [4.69, 9.17) is 4.74 Å². The van der Waals surface area contributed by atoms with E-state index in [0.29, 0.717) is 12.4 Å². The topological polar surface area (TPSA) is 34.4 Å². The molecule has 0 aliphatic heterocycles. The van der Waals surface area contributed by atoms with Crippen LogP contribution >= 0.6 is 0 Å². The van der Waals surface area contributed by atoms with Crippen LogP contribution in [-0.2, 0) is 13.2 Å². The number of aromatic nitrogens is 1. The Hall–Kier alpha value is -2.42. The Morgan fingerprint density at radius 3 is 2.67 bits per heavy atom. The highest BCUT2D eigenvalue weighted by Crippen LogP contribution is 2.29. The molecule has 0 unspecified atom stereocenters. The molecule has 1 N–H and O–H groups in total. The fraction of sp³-hybridized carbons (Fsp3) is 0.222.